The number of anilines is 2. The second-order valence-corrected chi connectivity index (χ2v) is 7.93. The molecule has 0 unspecified atom stereocenters. The smallest absolute Gasteiger partial charge is 0.412 e. The van der Waals surface area contributed by atoms with Gasteiger partial charge >= 0.3 is 6.09 Å². The second kappa shape index (κ2) is 8.74. The van der Waals surface area contributed by atoms with Crippen LogP contribution in [-0.4, -0.2) is 43.0 Å². The molecule has 0 atom stereocenters. The number of hydrogen-bond acceptors (Lipinski definition) is 5. The number of likely N-dealkylation sites (tertiary alicyclic amines) is 1. The van der Waals surface area contributed by atoms with Gasteiger partial charge < -0.3 is 19.7 Å². The zero-order valence-corrected chi connectivity index (χ0v) is 18.0. The Balaban J connectivity index is 1.40. The number of aryl methyl sites for hydroxylation is 1. The van der Waals surface area contributed by atoms with Crippen molar-refractivity contribution < 1.29 is 23.9 Å². The normalized spacial score (nSPS) is 16.8. The molecule has 2 heterocycles. The Morgan fingerprint density at radius 1 is 1.12 bits per heavy atom. The van der Waals surface area contributed by atoms with Gasteiger partial charge in [-0.1, -0.05) is 17.7 Å². The number of carbonyl (C=O) groups is 3. The molecule has 2 N–H and O–H groups in total. The lowest BCUT2D eigenvalue weighted by atomic mass is 9.82. The third-order valence-corrected chi connectivity index (χ3v) is 5.82. The van der Waals surface area contributed by atoms with E-state index in [0.717, 1.165) is 11.1 Å². The van der Waals surface area contributed by atoms with Crippen LogP contribution < -0.4 is 15.4 Å². The number of piperidine rings is 1. The van der Waals surface area contributed by atoms with E-state index < -0.39 is 11.7 Å². The Kier molecular flexibility index (Phi) is 5.85. The van der Waals surface area contributed by atoms with Gasteiger partial charge in [-0.25, -0.2) is 4.79 Å². The number of carbonyl (C=O) groups excluding carboxylic acids is 3. The van der Waals surface area contributed by atoms with E-state index in [1.807, 2.05) is 25.1 Å². The summed E-state index contributed by atoms with van der Waals surface area (Å²) in [5.74, 6) is 0.0397. The summed E-state index contributed by atoms with van der Waals surface area (Å²) < 4.78 is 11.0. The highest BCUT2D eigenvalue weighted by Crippen LogP contribution is 2.44. The predicted molar refractivity (Wildman–Crippen MR) is 120 cm³/mol. The molecule has 2 aliphatic rings. The van der Waals surface area contributed by atoms with Gasteiger partial charge in [-0.3, -0.25) is 14.9 Å². The molecule has 2 aromatic rings. The van der Waals surface area contributed by atoms with Crippen molar-refractivity contribution in [3.8, 4) is 5.75 Å². The van der Waals surface area contributed by atoms with Crippen LogP contribution in [0.25, 0.3) is 0 Å². The maximum absolute atomic E-state index is 12.6. The number of nitrogens with one attached hydrogen (secondary N) is 2. The van der Waals surface area contributed by atoms with Gasteiger partial charge in [0, 0.05) is 49.3 Å². The van der Waals surface area contributed by atoms with Crippen LogP contribution >= 0.6 is 0 Å². The van der Waals surface area contributed by atoms with Crippen molar-refractivity contribution in [2.45, 2.75) is 25.4 Å². The number of hydrogen-bond donors (Lipinski definition) is 2. The molecule has 1 saturated heterocycles. The quantitative estimate of drug-likeness (QED) is 0.716. The van der Waals surface area contributed by atoms with Crippen LogP contribution in [0.3, 0.4) is 0 Å². The first-order valence-corrected chi connectivity index (χ1v) is 10.4. The molecule has 3 amide bonds. The van der Waals surface area contributed by atoms with E-state index in [1.54, 1.807) is 36.3 Å². The van der Waals surface area contributed by atoms with Crippen molar-refractivity contribution >= 4 is 29.3 Å². The molecule has 0 aromatic heterocycles. The van der Waals surface area contributed by atoms with E-state index in [4.69, 9.17) is 9.47 Å². The van der Waals surface area contributed by atoms with E-state index in [2.05, 4.69) is 10.6 Å². The van der Waals surface area contributed by atoms with Gasteiger partial charge in [-0.2, -0.15) is 0 Å². The van der Waals surface area contributed by atoms with Gasteiger partial charge in [-0.05, 0) is 37.3 Å². The van der Waals surface area contributed by atoms with Crippen LogP contribution in [0, 0.1) is 6.92 Å². The first-order chi connectivity index (χ1) is 15.4. The number of benzene rings is 2. The van der Waals surface area contributed by atoms with Gasteiger partial charge in [0.15, 0.2) is 0 Å². The highest BCUT2D eigenvalue weighted by atomic mass is 16.6. The first-order valence-electron chi connectivity index (χ1n) is 10.4. The summed E-state index contributed by atoms with van der Waals surface area (Å²) in [6.45, 7) is 2.76. The molecule has 0 aliphatic carbocycles. The van der Waals surface area contributed by atoms with Crippen molar-refractivity contribution in [2.24, 2.45) is 0 Å². The van der Waals surface area contributed by atoms with Crippen molar-refractivity contribution in [1.29, 1.82) is 0 Å². The molecule has 2 aliphatic heterocycles. The molecule has 0 saturated carbocycles. The number of rotatable bonds is 4. The highest BCUT2D eigenvalue weighted by molar-refractivity contribution is 6.03. The summed E-state index contributed by atoms with van der Waals surface area (Å²) in [5, 5.41) is 5.45. The molecule has 8 nitrogen and oxygen atoms in total. The van der Waals surface area contributed by atoms with E-state index in [0.29, 0.717) is 43.1 Å². The van der Waals surface area contributed by atoms with Crippen LogP contribution in [0.1, 0.15) is 24.0 Å². The number of nitrogens with zero attached hydrogens (tertiary/aromatic N) is 1. The highest BCUT2D eigenvalue weighted by Gasteiger charge is 2.45. The van der Waals surface area contributed by atoms with E-state index in [1.165, 1.54) is 12.2 Å². The zero-order valence-electron chi connectivity index (χ0n) is 18.0. The molecule has 1 fully saturated rings. The van der Waals surface area contributed by atoms with Crippen molar-refractivity contribution in [3.63, 3.8) is 0 Å². The molecule has 0 radical (unpaired) electrons. The fraction of sp³-hybridized carbons (Fsp3) is 0.292. The minimum absolute atomic E-state index is 0.259. The molecule has 1 spiro atoms. The van der Waals surface area contributed by atoms with Gasteiger partial charge in [0.25, 0.3) is 0 Å². The predicted octanol–water partition coefficient (Wildman–Crippen LogP) is 3.58. The molecule has 32 heavy (non-hydrogen) atoms. The Morgan fingerprint density at radius 2 is 1.84 bits per heavy atom. The molecule has 166 valence electrons. The van der Waals surface area contributed by atoms with Crippen molar-refractivity contribution in [1.82, 2.24) is 4.90 Å². The molecular weight excluding hydrogens is 410 g/mol. The summed E-state index contributed by atoms with van der Waals surface area (Å²) >= 11 is 0. The van der Waals surface area contributed by atoms with E-state index >= 15 is 0 Å². The minimum Gasteiger partial charge on any atom is -0.497 e. The average molecular weight is 435 g/mol. The number of ether oxygens (including phenoxy) is 2. The Bertz CT molecular complexity index is 1070. The number of amides is 3. The molecule has 0 bridgehead atoms. The van der Waals surface area contributed by atoms with Crippen LogP contribution in [0.5, 0.6) is 5.75 Å². The summed E-state index contributed by atoms with van der Waals surface area (Å²) in [7, 11) is 1.58. The molecule has 2 aromatic carbocycles. The summed E-state index contributed by atoms with van der Waals surface area (Å²) in [4.78, 5) is 38.5. The van der Waals surface area contributed by atoms with Crippen LogP contribution in [0.4, 0.5) is 16.2 Å². The summed E-state index contributed by atoms with van der Waals surface area (Å²) in [6, 6.07) is 12.8. The lowest BCUT2D eigenvalue weighted by Crippen LogP contribution is -2.49. The first kappa shape index (κ1) is 21.4. The van der Waals surface area contributed by atoms with Crippen LogP contribution in [-0.2, 0) is 19.9 Å². The van der Waals surface area contributed by atoms with E-state index in [9.17, 15) is 14.4 Å². The van der Waals surface area contributed by atoms with Crippen molar-refractivity contribution in [3.05, 3.63) is 65.7 Å². The molecule has 8 heteroatoms. The maximum atomic E-state index is 12.6. The fourth-order valence-corrected chi connectivity index (χ4v) is 4.04. The summed E-state index contributed by atoms with van der Waals surface area (Å²) in [5.41, 5.74) is 2.48. The SMILES string of the molecule is COc1ccc2c(c1)C1(CCN(C(=O)/C=C/C(=O)Nc3ccc(C)cc3)CC1)OC(=O)N2. The lowest BCUT2D eigenvalue weighted by molar-refractivity contribution is -0.130. The lowest BCUT2D eigenvalue weighted by Gasteiger charge is -2.44. The van der Waals surface area contributed by atoms with Crippen LogP contribution in [0.2, 0.25) is 0 Å². The monoisotopic (exact) mass is 435 g/mol. The largest absolute Gasteiger partial charge is 0.497 e. The average Bonchev–Trinajstić information content (AvgIpc) is 2.79. The van der Waals surface area contributed by atoms with Crippen LogP contribution in [0.15, 0.2) is 54.6 Å². The maximum Gasteiger partial charge on any atom is 0.412 e. The fourth-order valence-electron chi connectivity index (χ4n) is 4.04. The van der Waals surface area contributed by atoms with Gasteiger partial charge in [0.1, 0.15) is 11.4 Å². The van der Waals surface area contributed by atoms with Gasteiger partial charge in [-0.15, -0.1) is 0 Å². The third kappa shape index (κ3) is 4.44. The standard InChI is InChI=1S/C24H25N3O5/c1-16-3-5-17(6-4-16)25-21(28)9-10-22(29)27-13-11-24(12-14-27)19-15-18(31-2)7-8-20(19)26-23(30)32-24/h3-10,15H,11-14H2,1-2H3,(H,25,28)(H,26,30)/b10-9+. The topological polar surface area (TPSA) is 97.0 Å². The van der Waals surface area contributed by atoms with Gasteiger partial charge in [0.2, 0.25) is 11.8 Å². The second-order valence-electron chi connectivity index (χ2n) is 7.93. The zero-order chi connectivity index (χ0) is 22.7. The molecular formula is C24H25N3O5. The third-order valence-electron chi connectivity index (χ3n) is 5.82. The Morgan fingerprint density at radius 3 is 2.53 bits per heavy atom. The number of methoxy groups -OCH3 is 1. The Hall–Kier alpha value is -3.81. The number of fused-ring (bicyclic) bond motifs is 2. The minimum atomic E-state index is -0.810. The van der Waals surface area contributed by atoms with Crippen molar-refractivity contribution in [2.75, 3.05) is 30.8 Å². The van der Waals surface area contributed by atoms with E-state index in [-0.39, 0.29) is 11.8 Å². The molecule has 4 rings (SSSR count). The summed E-state index contributed by atoms with van der Waals surface area (Å²) in [6.07, 6.45) is 2.91. The Labute approximate surface area is 186 Å². The van der Waals surface area contributed by atoms with Gasteiger partial charge in [0.05, 0.1) is 12.8 Å².